The van der Waals surface area contributed by atoms with E-state index in [-0.39, 0.29) is 6.04 Å². The molecule has 1 aliphatic carbocycles. The molecule has 112 valence electrons. The van der Waals surface area contributed by atoms with Crippen molar-refractivity contribution in [2.45, 2.75) is 25.3 Å². The molecule has 3 N–H and O–H groups in total. The normalized spacial score (nSPS) is 14.8. The fourth-order valence-electron chi connectivity index (χ4n) is 2.83. The lowest BCUT2D eigenvalue weighted by atomic mass is 10.0. The fraction of sp³-hybridized carbons (Fsp3) is 0.375. The highest BCUT2D eigenvalue weighted by Crippen LogP contribution is 2.37. The van der Waals surface area contributed by atoms with E-state index in [1.54, 1.807) is 14.2 Å². The summed E-state index contributed by atoms with van der Waals surface area (Å²) in [6, 6.07) is 8.11. The predicted molar refractivity (Wildman–Crippen MR) is 85.1 cm³/mol. The Kier molecular flexibility index (Phi) is 4.14. The molecule has 0 saturated carbocycles. The first-order chi connectivity index (χ1) is 10.2. The smallest absolute Gasteiger partial charge is 0.122 e. The van der Waals surface area contributed by atoms with Crippen LogP contribution < -0.4 is 20.7 Å². The van der Waals surface area contributed by atoms with Crippen LogP contribution in [0.1, 0.15) is 33.3 Å². The predicted octanol–water partition coefficient (Wildman–Crippen LogP) is 2.81. The first-order valence-electron chi connectivity index (χ1n) is 7.05. The van der Waals surface area contributed by atoms with Gasteiger partial charge in [-0.05, 0) is 48.6 Å². The van der Waals surface area contributed by atoms with Crippen molar-refractivity contribution in [1.82, 2.24) is 5.43 Å². The van der Waals surface area contributed by atoms with Crippen LogP contribution in [0.4, 0.5) is 0 Å². The molecule has 0 fully saturated rings. The Morgan fingerprint density at radius 2 is 1.81 bits per heavy atom. The maximum Gasteiger partial charge on any atom is 0.122 e. The van der Waals surface area contributed by atoms with Gasteiger partial charge in [-0.15, -0.1) is 11.3 Å². The number of benzene rings is 1. The number of hydrogen-bond donors (Lipinski definition) is 2. The molecule has 1 heterocycles. The molecule has 0 aliphatic heterocycles. The number of fused-ring (bicyclic) bond motifs is 1. The lowest BCUT2D eigenvalue weighted by molar-refractivity contribution is 0.392. The highest BCUT2D eigenvalue weighted by molar-refractivity contribution is 7.12. The summed E-state index contributed by atoms with van der Waals surface area (Å²) in [7, 11) is 3.31. The van der Waals surface area contributed by atoms with Gasteiger partial charge in [-0.1, -0.05) is 0 Å². The van der Waals surface area contributed by atoms with Gasteiger partial charge in [0.25, 0.3) is 0 Å². The number of methoxy groups -OCH3 is 2. The number of nitrogens with two attached hydrogens (primary N) is 1. The number of thiophene rings is 1. The van der Waals surface area contributed by atoms with Crippen LogP contribution in [-0.4, -0.2) is 14.2 Å². The van der Waals surface area contributed by atoms with E-state index in [1.165, 1.54) is 34.6 Å². The van der Waals surface area contributed by atoms with E-state index in [0.717, 1.165) is 17.1 Å². The number of hydrogen-bond acceptors (Lipinski definition) is 5. The van der Waals surface area contributed by atoms with Crippen molar-refractivity contribution in [1.29, 1.82) is 0 Å². The zero-order valence-electron chi connectivity index (χ0n) is 12.3. The Balaban J connectivity index is 1.98. The minimum Gasteiger partial charge on any atom is -0.497 e. The Labute approximate surface area is 128 Å². The third-order valence-corrected chi connectivity index (χ3v) is 5.23. The van der Waals surface area contributed by atoms with Crippen LogP contribution in [0.15, 0.2) is 24.3 Å². The summed E-state index contributed by atoms with van der Waals surface area (Å²) >= 11 is 1.85. The lowest BCUT2D eigenvalue weighted by Crippen LogP contribution is -2.28. The van der Waals surface area contributed by atoms with E-state index in [0.29, 0.717) is 0 Å². The molecule has 1 atom stereocenters. The topological polar surface area (TPSA) is 56.5 Å². The molecule has 1 unspecified atom stereocenters. The summed E-state index contributed by atoms with van der Waals surface area (Å²) in [6.45, 7) is 0. The first-order valence-corrected chi connectivity index (χ1v) is 7.87. The highest BCUT2D eigenvalue weighted by Gasteiger charge is 2.21. The Hall–Kier alpha value is -1.56. The summed E-state index contributed by atoms with van der Waals surface area (Å²) in [5.41, 5.74) is 5.45. The molecule has 0 amide bonds. The summed E-state index contributed by atoms with van der Waals surface area (Å²) in [5.74, 6) is 7.36. The number of rotatable bonds is 5. The van der Waals surface area contributed by atoms with E-state index < -0.39 is 0 Å². The van der Waals surface area contributed by atoms with Gasteiger partial charge in [0, 0.05) is 15.8 Å². The Morgan fingerprint density at radius 1 is 1.10 bits per heavy atom. The molecule has 1 aliphatic rings. The third kappa shape index (κ3) is 2.77. The molecule has 1 aromatic heterocycles. The van der Waals surface area contributed by atoms with Gasteiger partial charge in [-0.25, -0.2) is 5.43 Å². The fourth-order valence-corrected chi connectivity index (χ4v) is 4.18. The molecule has 1 aromatic carbocycles. The van der Waals surface area contributed by atoms with Crippen LogP contribution in [0.5, 0.6) is 11.5 Å². The van der Waals surface area contributed by atoms with Crippen molar-refractivity contribution in [2.75, 3.05) is 14.2 Å². The summed E-state index contributed by atoms with van der Waals surface area (Å²) in [6.07, 6.45) is 3.65. The molecule has 0 spiro atoms. The number of ether oxygens (including phenoxy) is 2. The molecule has 0 radical (unpaired) electrons. The van der Waals surface area contributed by atoms with Crippen molar-refractivity contribution >= 4 is 11.3 Å². The van der Waals surface area contributed by atoms with Crippen LogP contribution in [0, 0.1) is 0 Å². The minimum atomic E-state index is -0.0374. The van der Waals surface area contributed by atoms with Crippen LogP contribution in [0.2, 0.25) is 0 Å². The average molecular weight is 304 g/mol. The van der Waals surface area contributed by atoms with Gasteiger partial charge in [0.15, 0.2) is 0 Å². The lowest BCUT2D eigenvalue weighted by Gasteiger charge is -2.17. The van der Waals surface area contributed by atoms with Gasteiger partial charge in [0.05, 0.1) is 20.3 Å². The second-order valence-corrected chi connectivity index (χ2v) is 6.36. The van der Waals surface area contributed by atoms with Crippen molar-refractivity contribution in [2.24, 2.45) is 5.84 Å². The second kappa shape index (κ2) is 6.05. The molecule has 2 aromatic rings. The van der Waals surface area contributed by atoms with Crippen molar-refractivity contribution in [3.05, 3.63) is 45.1 Å². The molecule has 4 nitrogen and oxygen atoms in total. The van der Waals surface area contributed by atoms with E-state index in [4.69, 9.17) is 15.3 Å². The molecule has 21 heavy (non-hydrogen) atoms. The van der Waals surface area contributed by atoms with Gasteiger partial charge >= 0.3 is 0 Å². The minimum absolute atomic E-state index is 0.0374. The zero-order valence-corrected chi connectivity index (χ0v) is 13.1. The van der Waals surface area contributed by atoms with Crippen LogP contribution in [-0.2, 0) is 12.8 Å². The third-order valence-electron chi connectivity index (χ3n) is 3.92. The molecule has 0 saturated heterocycles. The van der Waals surface area contributed by atoms with E-state index >= 15 is 0 Å². The van der Waals surface area contributed by atoms with Crippen LogP contribution in [0.3, 0.4) is 0 Å². The Bertz CT molecular complexity index is 595. The standard InChI is InChI=1S/C16H20N2O2S/c1-19-12-6-11(7-13(9-12)20-2)16(18-17)15-8-10-4-3-5-14(10)21-15/h6-9,16,18H,3-5,17H2,1-2H3. The zero-order chi connectivity index (χ0) is 14.8. The Morgan fingerprint density at radius 3 is 2.38 bits per heavy atom. The van der Waals surface area contributed by atoms with Gasteiger partial charge in [0.2, 0.25) is 0 Å². The van der Waals surface area contributed by atoms with Gasteiger partial charge < -0.3 is 9.47 Å². The summed E-state index contributed by atoms with van der Waals surface area (Å²) in [4.78, 5) is 2.75. The van der Waals surface area contributed by atoms with E-state index in [2.05, 4.69) is 11.5 Å². The van der Waals surface area contributed by atoms with Crippen LogP contribution in [0.25, 0.3) is 0 Å². The molecule has 0 bridgehead atoms. The molecule has 5 heteroatoms. The van der Waals surface area contributed by atoms with Gasteiger partial charge in [0.1, 0.15) is 11.5 Å². The van der Waals surface area contributed by atoms with Crippen molar-refractivity contribution < 1.29 is 9.47 Å². The van der Waals surface area contributed by atoms with Crippen LogP contribution >= 0.6 is 11.3 Å². The molecule has 3 rings (SSSR count). The average Bonchev–Trinajstić information content (AvgIpc) is 3.09. The highest BCUT2D eigenvalue weighted by atomic mass is 32.1. The monoisotopic (exact) mass is 304 g/mol. The van der Waals surface area contributed by atoms with Gasteiger partial charge in [-0.3, -0.25) is 5.84 Å². The number of nitrogens with one attached hydrogen (secondary N) is 1. The maximum atomic E-state index is 5.81. The number of hydrazine groups is 1. The van der Waals surface area contributed by atoms with Crippen molar-refractivity contribution in [3.63, 3.8) is 0 Å². The first kappa shape index (κ1) is 14.4. The maximum absolute atomic E-state index is 5.81. The summed E-state index contributed by atoms with van der Waals surface area (Å²) in [5, 5.41) is 0. The van der Waals surface area contributed by atoms with E-state index in [1.807, 2.05) is 29.5 Å². The molecular formula is C16H20N2O2S. The molecular weight excluding hydrogens is 284 g/mol. The largest absolute Gasteiger partial charge is 0.497 e. The quantitative estimate of drug-likeness (QED) is 0.659. The van der Waals surface area contributed by atoms with Gasteiger partial charge in [-0.2, -0.15) is 0 Å². The summed E-state index contributed by atoms with van der Waals surface area (Å²) < 4.78 is 10.7. The number of aryl methyl sites for hydroxylation is 2. The van der Waals surface area contributed by atoms with E-state index in [9.17, 15) is 0 Å². The SMILES string of the molecule is COc1cc(OC)cc(C(NN)c2cc3c(s2)CCC3)c1. The second-order valence-electron chi connectivity index (χ2n) is 5.20. The van der Waals surface area contributed by atoms with Crippen molar-refractivity contribution in [3.8, 4) is 11.5 Å².